The minimum Gasteiger partial charge on any atom is -0.389 e. The summed E-state index contributed by atoms with van der Waals surface area (Å²) in [6.07, 6.45) is 2.15. The zero-order chi connectivity index (χ0) is 15.4. The zero-order valence-electron chi connectivity index (χ0n) is 12.1. The van der Waals surface area contributed by atoms with Crippen LogP contribution in [0.2, 0.25) is 0 Å². The van der Waals surface area contributed by atoms with Gasteiger partial charge in [-0.2, -0.15) is 0 Å². The monoisotopic (exact) mass is 309 g/mol. The Morgan fingerprint density at radius 1 is 1.43 bits per heavy atom. The van der Waals surface area contributed by atoms with Gasteiger partial charge in [0.1, 0.15) is 10.8 Å². The number of benzene rings is 1. The van der Waals surface area contributed by atoms with Crippen molar-refractivity contribution in [1.29, 1.82) is 0 Å². The van der Waals surface area contributed by atoms with Gasteiger partial charge in [-0.25, -0.2) is 4.39 Å². The normalized spacial score (nSPS) is 14.7. The van der Waals surface area contributed by atoms with Crippen LogP contribution in [0.5, 0.6) is 0 Å². The molecule has 0 atom stereocenters. The molecule has 0 unspecified atom stereocenters. The molecule has 114 valence electrons. The number of amides is 1. The fourth-order valence-corrected chi connectivity index (χ4v) is 2.60. The molecule has 1 aliphatic heterocycles. The molecule has 1 aromatic carbocycles. The molecule has 0 spiro atoms. The van der Waals surface area contributed by atoms with Gasteiger partial charge < -0.3 is 10.6 Å². The first-order chi connectivity index (χ1) is 9.97. The van der Waals surface area contributed by atoms with E-state index in [0.717, 1.165) is 25.9 Å². The third-order valence-corrected chi connectivity index (χ3v) is 3.88. The summed E-state index contributed by atoms with van der Waals surface area (Å²) in [5, 5.41) is 0. The molecule has 0 saturated carbocycles. The second-order valence-electron chi connectivity index (χ2n) is 5.43. The van der Waals surface area contributed by atoms with Crippen molar-refractivity contribution in [3.63, 3.8) is 0 Å². The lowest BCUT2D eigenvalue weighted by atomic mass is 10.1. The van der Waals surface area contributed by atoms with Gasteiger partial charge in [-0.15, -0.1) is 0 Å². The quantitative estimate of drug-likeness (QED) is 0.838. The number of nitrogens with zero attached hydrogens (tertiary/aromatic N) is 2. The maximum absolute atomic E-state index is 14.0. The number of carbonyl (C=O) groups is 1. The van der Waals surface area contributed by atoms with Gasteiger partial charge in [-0.1, -0.05) is 24.4 Å². The number of hydrogen-bond donors (Lipinski definition) is 1. The van der Waals surface area contributed by atoms with Gasteiger partial charge in [0.2, 0.25) is 5.91 Å². The van der Waals surface area contributed by atoms with E-state index in [2.05, 4.69) is 0 Å². The van der Waals surface area contributed by atoms with Crippen LogP contribution in [-0.4, -0.2) is 47.4 Å². The van der Waals surface area contributed by atoms with Gasteiger partial charge in [0.15, 0.2) is 0 Å². The molecule has 1 fully saturated rings. The number of halogens is 1. The van der Waals surface area contributed by atoms with E-state index >= 15 is 0 Å². The van der Waals surface area contributed by atoms with E-state index in [1.165, 1.54) is 6.07 Å². The molecule has 1 saturated heterocycles. The van der Waals surface area contributed by atoms with Crippen LogP contribution in [0.25, 0.3) is 0 Å². The van der Waals surface area contributed by atoms with Gasteiger partial charge in [0.05, 0.1) is 6.54 Å². The smallest absolute Gasteiger partial charge is 0.236 e. The molecular weight excluding hydrogens is 289 g/mol. The molecule has 0 aromatic heterocycles. The van der Waals surface area contributed by atoms with E-state index in [1.54, 1.807) is 12.1 Å². The molecule has 4 nitrogen and oxygen atoms in total. The molecule has 1 aliphatic rings. The fraction of sp³-hybridized carbons (Fsp3) is 0.467. The summed E-state index contributed by atoms with van der Waals surface area (Å²) < 4.78 is 14.0. The van der Waals surface area contributed by atoms with Gasteiger partial charge in [0, 0.05) is 30.8 Å². The maximum Gasteiger partial charge on any atom is 0.236 e. The first-order valence-electron chi connectivity index (χ1n) is 7.02. The Kier molecular flexibility index (Phi) is 5.25. The van der Waals surface area contributed by atoms with Gasteiger partial charge in [-0.05, 0) is 26.0 Å². The van der Waals surface area contributed by atoms with Gasteiger partial charge in [-0.3, -0.25) is 9.69 Å². The minimum atomic E-state index is -0.347. The van der Waals surface area contributed by atoms with E-state index in [0.29, 0.717) is 24.2 Å². The number of rotatable bonds is 5. The van der Waals surface area contributed by atoms with Crippen molar-refractivity contribution in [3.05, 3.63) is 35.1 Å². The lowest BCUT2D eigenvalue weighted by molar-refractivity contribution is -0.131. The Labute approximate surface area is 129 Å². The summed E-state index contributed by atoms with van der Waals surface area (Å²) >= 11 is 4.82. The average Bonchev–Trinajstić information content (AvgIpc) is 2.94. The first kappa shape index (κ1) is 15.9. The molecular formula is C15H20FN3OS. The number of likely N-dealkylation sites (tertiary alicyclic amines) is 1. The van der Waals surface area contributed by atoms with Crippen molar-refractivity contribution < 1.29 is 9.18 Å². The molecule has 2 N–H and O–H groups in total. The first-order valence-corrected chi connectivity index (χ1v) is 7.43. The van der Waals surface area contributed by atoms with Crippen LogP contribution >= 0.6 is 12.2 Å². The lowest BCUT2D eigenvalue weighted by Gasteiger charge is -2.21. The van der Waals surface area contributed by atoms with Crippen LogP contribution in [0, 0.1) is 5.82 Å². The van der Waals surface area contributed by atoms with E-state index < -0.39 is 0 Å². The molecule has 6 heteroatoms. The molecule has 1 amide bonds. The molecule has 0 radical (unpaired) electrons. The van der Waals surface area contributed by atoms with Crippen LogP contribution < -0.4 is 5.73 Å². The molecule has 1 aromatic rings. The Balaban J connectivity index is 1.94. The van der Waals surface area contributed by atoms with Gasteiger partial charge >= 0.3 is 0 Å². The summed E-state index contributed by atoms with van der Waals surface area (Å²) in [6, 6.07) is 4.71. The number of carbonyl (C=O) groups excluding carboxylic acids is 1. The largest absolute Gasteiger partial charge is 0.389 e. The Morgan fingerprint density at radius 3 is 2.67 bits per heavy atom. The van der Waals surface area contributed by atoms with Crippen LogP contribution in [0.1, 0.15) is 24.0 Å². The second-order valence-corrected chi connectivity index (χ2v) is 5.87. The maximum atomic E-state index is 14.0. The molecule has 0 aliphatic carbocycles. The average molecular weight is 309 g/mol. The predicted molar refractivity (Wildman–Crippen MR) is 84.4 cm³/mol. The zero-order valence-corrected chi connectivity index (χ0v) is 13.0. The second kappa shape index (κ2) is 6.95. The van der Waals surface area contributed by atoms with Crippen molar-refractivity contribution in [2.45, 2.75) is 19.4 Å². The van der Waals surface area contributed by atoms with Crippen LogP contribution in [0.4, 0.5) is 4.39 Å². The van der Waals surface area contributed by atoms with Crippen LogP contribution in [0.15, 0.2) is 18.2 Å². The molecule has 2 rings (SSSR count). The predicted octanol–water partition coefficient (Wildman–Crippen LogP) is 1.51. The summed E-state index contributed by atoms with van der Waals surface area (Å²) in [7, 11) is 1.81. The third-order valence-electron chi connectivity index (χ3n) is 3.64. The summed E-state index contributed by atoms with van der Waals surface area (Å²) in [4.78, 5) is 15.9. The highest BCUT2D eigenvalue weighted by Gasteiger charge is 2.19. The van der Waals surface area contributed by atoms with Crippen molar-refractivity contribution in [2.24, 2.45) is 5.73 Å². The Morgan fingerprint density at radius 2 is 2.10 bits per heavy atom. The van der Waals surface area contributed by atoms with E-state index in [4.69, 9.17) is 18.0 Å². The summed E-state index contributed by atoms with van der Waals surface area (Å²) in [6.45, 7) is 2.35. The summed E-state index contributed by atoms with van der Waals surface area (Å²) in [5.74, 6) is -0.240. The minimum absolute atomic E-state index is 0.107. The van der Waals surface area contributed by atoms with Crippen molar-refractivity contribution >= 4 is 23.1 Å². The fourth-order valence-electron chi connectivity index (χ4n) is 2.47. The van der Waals surface area contributed by atoms with Gasteiger partial charge in [0.25, 0.3) is 0 Å². The lowest BCUT2D eigenvalue weighted by Crippen LogP contribution is -2.37. The molecule has 21 heavy (non-hydrogen) atoms. The third kappa shape index (κ3) is 4.22. The Hall–Kier alpha value is -1.53. The highest BCUT2D eigenvalue weighted by atomic mass is 32.1. The van der Waals surface area contributed by atoms with E-state index in [-0.39, 0.29) is 16.7 Å². The number of nitrogens with two attached hydrogens (primary N) is 1. The molecule has 1 heterocycles. The van der Waals surface area contributed by atoms with Crippen molar-refractivity contribution in [2.75, 3.05) is 26.7 Å². The number of hydrogen-bond acceptors (Lipinski definition) is 3. The van der Waals surface area contributed by atoms with Crippen molar-refractivity contribution in [1.82, 2.24) is 9.80 Å². The highest BCUT2D eigenvalue weighted by molar-refractivity contribution is 7.80. The van der Waals surface area contributed by atoms with Crippen LogP contribution in [0.3, 0.4) is 0 Å². The van der Waals surface area contributed by atoms with E-state index in [9.17, 15) is 9.18 Å². The number of likely N-dealkylation sites (N-methyl/N-ethyl adjacent to an activating group) is 1. The van der Waals surface area contributed by atoms with Crippen molar-refractivity contribution in [3.8, 4) is 0 Å². The standard InChI is InChI=1S/C15H20FN3OS/c1-18(10-14(20)19-6-2-3-7-19)9-12-5-4-11(15(17)21)8-13(12)16/h4-5,8H,2-3,6-7,9-10H2,1H3,(H2,17,21). The summed E-state index contributed by atoms with van der Waals surface area (Å²) in [5.41, 5.74) is 6.52. The van der Waals surface area contributed by atoms with E-state index in [1.807, 2.05) is 16.8 Å². The SMILES string of the molecule is CN(CC(=O)N1CCCC1)Cc1ccc(C(N)=S)cc1F. The molecule has 0 bridgehead atoms. The van der Waals surface area contributed by atoms with Crippen LogP contribution in [-0.2, 0) is 11.3 Å². The topological polar surface area (TPSA) is 49.6 Å². The highest BCUT2D eigenvalue weighted by Crippen LogP contribution is 2.13. The Bertz CT molecular complexity index is 544. The number of thiocarbonyl (C=S) groups is 1.